The maximum atomic E-state index is 13.0. The Kier molecular flexibility index (Phi) is 13.6. The van der Waals surface area contributed by atoms with E-state index in [1.54, 1.807) is 17.4 Å². The summed E-state index contributed by atoms with van der Waals surface area (Å²) in [6, 6.07) is 21.0. The van der Waals surface area contributed by atoms with Crippen molar-refractivity contribution in [3.05, 3.63) is 134 Å². The lowest BCUT2D eigenvalue weighted by Gasteiger charge is -2.34. The number of ketones is 1. The molecule has 4 rings (SSSR count). The molecule has 0 amide bonds. The number of hydrogen-bond acceptors (Lipinski definition) is 4. The summed E-state index contributed by atoms with van der Waals surface area (Å²) in [6.07, 6.45) is 16.2. The molecule has 4 heteroatoms. The van der Waals surface area contributed by atoms with Crippen LogP contribution in [-0.2, 0) is 19.5 Å². The third-order valence-electron chi connectivity index (χ3n) is 8.31. The van der Waals surface area contributed by atoms with Crippen molar-refractivity contribution in [1.29, 1.82) is 0 Å². The minimum Gasteiger partial charge on any atom is -0.297 e. The highest BCUT2D eigenvalue weighted by atomic mass is 32.1. The fourth-order valence-corrected chi connectivity index (χ4v) is 6.34. The molecule has 1 aliphatic heterocycles. The van der Waals surface area contributed by atoms with Crippen LogP contribution >= 0.6 is 11.3 Å². The van der Waals surface area contributed by atoms with Gasteiger partial charge >= 0.3 is 0 Å². The van der Waals surface area contributed by atoms with Gasteiger partial charge in [-0.15, -0.1) is 11.3 Å². The van der Waals surface area contributed by atoms with E-state index in [-0.39, 0.29) is 5.78 Å². The Morgan fingerprint density at radius 2 is 1.32 bits per heavy atom. The average Bonchev–Trinajstić information content (AvgIpc) is 3.48. The van der Waals surface area contributed by atoms with E-state index in [1.807, 2.05) is 18.2 Å². The van der Waals surface area contributed by atoms with E-state index in [0.717, 1.165) is 82.5 Å². The predicted molar refractivity (Wildman–Crippen MR) is 190 cm³/mol. The molecule has 3 aromatic rings. The molecule has 0 bridgehead atoms. The molecule has 0 aliphatic carbocycles. The molecule has 0 radical (unpaired) electrons. The molecule has 0 unspecified atom stereocenters. The van der Waals surface area contributed by atoms with Crippen LogP contribution in [0.4, 0.5) is 0 Å². The molecule has 2 heterocycles. The number of hydrogen-bond donors (Lipinski definition) is 0. The summed E-state index contributed by atoms with van der Waals surface area (Å²) >= 11 is 1.77. The maximum absolute atomic E-state index is 13.0. The Morgan fingerprint density at radius 1 is 0.727 bits per heavy atom. The lowest BCUT2D eigenvalue weighted by atomic mass is 10.0. The van der Waals surface area contributed by atoms with Crippen molar-refractivity contribution in [1.82, 2.24) is 9.80 Å². The highest BCUT2D eigenvalue weighted by Crippen LogP contribution is 2.22. The molecular weight excluding hydrogens is 557 g/mol. The first kappa shape index (κ1) is 33.6. The number of piperazine rings is 1. The molecule has 1 fully saturated rings. The lowest BCUT2D eigenvalue weighted by molar-refractivity contribution is 0.104. The van der Waals surface area contributed by atoms with Gasteiger partial charge in [-0.3, -0.25) is 14.6 Å². The zero-order chi connectivity index (χ0) is 31.1. The van der Waals surface area contributed by atoms with Gasteiger partial charge < -0.3 is 0 Å². The minimum atomic E-state index is 0.0571. The SMILES string of the molecule is CC(C)=CCCC(C)=CCCC(C)=CCc1sccc1/C=C/C(=O)c1ccc(CN2CCN(Cc3ccccc3)CC2)cc1. The number of carbonyl (C=O) groups is 1. The molecule has 44 heavy (non-hydrogen) atoms. The highest BCUT2D eigenvalue weighted by molar-refractivity contribution is 7.10. The van der Waals surface area contributed by atoms with Crippen LogP contribution in [0.2, 0.25) is 0 Å². The van der Waals surface area contributed by atoms with Gasteiger partial charge in [-0.25, -0.2) is 0 Å². The molecular formula is C40H50N2OS. The molecule has 3 nitrogen and oxygen atoms in total. The Hall–Kier alpha value is -3.31. The van der Waals surface area contributed by atoms with Crippen molar-refractivity contribution in [3.63, 3.8) is 0 Å². The van der Waals surface area contributed by atoms with E-state index in [0.29, 0.717) is 0 Å². The lowest BCUT2D eigenvalue weighted by Crippen LogP contribution is -2.45. The number of carbonyl (C=O) groups excluding carboxylic acids is 1. The second kappa shape index (κ2) is 17.9. The standard InChI is InChI=1S/C40H50N2OS/c1-32(2)10-8-11-33(3)12-9-13-34(4)16-23-40-38(24-29-44-40)21-22-39(43)37-19-17-36(18-20-37)31-42-27-25-41(26-28-42)30-35-14-6-5-7-15-35/h5-7,10,12,14-22,24,29H,8-9,11,13,23,25-28,30-31H2,1-4H3/b22-21+,33-12?,34-16?. The topological polar surface area (TPSA) is 23.6 Å². The second-order valence-corrected chi connectivity index (χ2v) is 13.4. The maximum Gasteiger partial charge on any atom is 0.185 e. The van der Waals surface area contributed by atoms with E-state index < -0.39 is 0 Å². The minimum absolute atomic E-state index is 0.0571. The van der Waals surface area contributed by atoms with Crippen LogP contribution in [-0.4, -0.2) is 41.8 Å². The van der Waals surface area contributed by atoms with Crippen molar-refractivity contribution in [2.24, 2.45) is 0 Å². The largest absolute Gasteiger partial charge is 0.297 e. The average molecular weight is 607 g/mol. The smallest absolute Gasteiger partial charge is 0.185 e. The Balaban J connectivity index is 1.20. The molecule has 0 N–H and O–H groups in total. The molecule has 2 aromatic carbocycles. The van der Waals surface area contributed by atoms with Crippen LogP contribution in [0.15, 0.2) is 107 Å². The van der Waals surface area contributed by atoms with E-state index in [2.05, 4.69) is 110 Å². The van der Waals surface area contributed by atoms with E-state index in [9.17, 15) is 4.79 Å². The number of benzene rings is 2. The molecule has 1 aliphatic rings. The van der Waals surface area contributed by atoms with Crippen LogP contribution < -0.4 is 0 Å². The third-order valence-corrected chi connectivity index (χ3v) is 9.27. The molecule has 1 aromatic heterocycles. The predicted octanol–water partition coefficient (Wildman–Crippen LogP) is 9.92. The summed E-state index contributed by atoms with van der Waals surface area (Å²) in [5, 5.41) is 2.12. The van der Waals surface area contributed by atoms with E-state index in [1.165, 1.54) is 32.7 Å². The Bertz CT molecular complexity index is 1430. The van der Waals surface area contributed by atoms with Gasteiger partial charge in [-0.1, -0.05) is 89.5 Å². The van der Waals surface area contributed by atoms with Crippen LogP contribution in [0.25, 0.3) is 6.08 Å². The molecule has 0 spiro atoms. The summed E-state index contributed by atoms with van der Waals surface area (Å²) in [6.45, 7) is 15.1. The van der Waals surface area contributed by atoms with Gasteiger partial charge in [0, 0.05) is 56.1 Å². The van der Waals surface area contributed by atoms with Crippen molar-refractivity contribution in [2.75, 3.05) is 26.2 Å². The van der Waals surface area contributed by atoms with Gasteiger partial charge in [0.2, 0.25) is 0 Å². The zero-order valence-corrected chi connectivity index (χ0v) is 28.0. The Labute approximate surface area is 270 Å². The van der Waals surface area contributed by atoms with Gasteiger partial charge in [-0.05, 0) is 93.7 Å². The van der Waals surface area contributed by atoms with Gasteiger partial charge in [0.1, 0.15) is 0 Å². The van der Waals surface area contributed by atoms with Gasteiger partial charge in [0.05, 0.1) is 0 Å². The van der Waals surface area contributed by atoms with Crippen molar-refractivity contribution in [3.8, 4) is 0 Å². The summed E-state index contributed by atoms with van der Waals surface area (Å²) in [4.78, 5) is 19.3. The number of nitrogens with zero attached hydrogens (tertiary/aromatic N) is 2. The Morgan fingerprint density at radius 3 is 1.95 bits per heavy atom. The number of thiophene rings is 1. The van der Waals surface area contributed by atoms with E-state index in [4.69, 9.17) is 0 Å². The number of rotatable bonds is 15. The fraction of sp³-hybridized carbons (Fsp3) is 0.375. The van der Waals surface area contributed by atoms with Crippen LogP contribution in [0.5, 0.6) is 0 Å². The second-order valence-electron chi connectivity index (χ2n) is 12.4. The highest BCUT2D eigenvalue weighted by Gasteiger charge is 2.17. The first-order chi connectivity index (χ1) is 21.4. The quantitative estimate of drug-likeness (QED) is 0.0977. The van der Waals surface area contributed by atoms with Gasteiger partial charge in [0.15, 0.2) is 5.78 Å². The fourth-order valence-electron chi connectivity index (χ4n) is 5.51. The molecule has 0 atom stereocenters. The molecule has 1 saturated heterocycles. The van der Waals surface area contributed by atoms with Crippen molar-refractivity contribution >= 4 is 23.2 Å². The van der Waals surface area contributed by atoms with E-state index >= 15 is 0 Å². The molecule has 0 saturated carbocycles. The summed E-state index contributed by atoms with van der Waals surface area (Å²) in [7, 11) is 0. The van der Waals surface area contributed by atoms with Crippen molar-refractivity contribution in [2.45, 2.75) is 72.9 Å². The van der Waals surface area contributed by atoms with Gasteiger partial charge in [-0.2, -0.15) is 0 Å². The van der Waals surface area contributed by atoms with Crippen LogP contribution in [0.1, 0.15) is 85.3 Å². The molecule has 232 valence electrons. The zero-order valence-electron chi connectivity index (χ0n) is 27.2. The third kappa shape index (κ3) is 11.6. The first-order valence-corrected chi connectivity index (χ1v) is 17.0. The normalized spacial score (nSPS) is 15.2. The number of allylic oxidation sites excluding steroid dienone is 7. The van der Waals surface area contributed by atoms with Crippen molar-refractivity contribution < 1.29 is 4.79 Å². The first-order valence-electron chi connectivity index (χ1n) is 16.2. The monoisotopic (exact) mass is 606 g/mol. The van der Waals surface area contributed by atoms with Crippen LogP contribution in [0, 0.1) is 0 Å². The summed E-state index contributed by atoms with van der Waals surface area (Å²) in [5.41, 5.74) is 8.83. The summed E-state index contributed by atoms with van der Waals surface area (Å²) in [5.74, 6) is 0.0571. The summed E-state index contributed by atoms with van der Waals surface area (Å²) < 4.78 is 0. The van der Waals surface area contributed by atoms with Crippen LogP contribution in [0.3, 0.4) is 0 Å². The van der Waals surface area contributed by atoms with Gasteiger partial charge in [0.25, 0.3) is 0 Å².